The van der Waals surface area contributed by atoms with Gasteiger partial charge in [-0.15, -0.1) is 0 Å². The Morgan fingerprint density at radius 2 is 1.85 bits per heavy atom. The summed E-state index contributed by atoms with van der Waals surface area (Å²) < 4.78 is 0. The van der Waals surface area contributed by atoms with Crippen LogP contribution < -0.4 is 5.32 Å². The fraction of sp³-hybridized carbons (Fsp3) is 0.167. The van der Waals surface area contributed by atoms with Crippen LogP contribution in [0.2, 0.25) is 10.0 Å². The zero-order valence-corrected chi connectivity index (χ0v) is 19.2. The lowest BCUT2D eigenvalue weighted by Crippen LogP contribution is -2.23. The van der Waals surface area contributed by atoms with Crippen molar-refractivity contribution in [3.8, 4) is 5.75 Å². The number of aromatic nitrogens is 1. The van der Waals surface area contributed by atoms with Gasteiger partial charge in [0.1, 0.15) is 17.4 Å². The van der Waals surface area contributed by atoms with Crippen molar-refractivity contribution in [2.75, 3.05) is 25.5 Å². The number of hydrogen-bond acceptors (Lipinski definition) is 6. The Balaban J connectivity index is 1.56. The van der Waals surface area contributed by atoms with Gasteiger partial charge in [-0.2, -0.15) is 0 Å². The standard InChI is InChI=1S/C24H20Cl2N4O3/c1-30-9-8-27-23(30)15-4-2-14(3-5-15)20(31)12-18-19(10-17(26)11-21(18)32)24(33)29-22-7-6-16(25)13-28-22/h2-7,10-11,13,32H,8-9,12H2,1H3,(H,28,29,33). The number of nitrogens with zero attached hydrogens (tertiary/aromatic N) is 3. The van der Waals surface area contributed by atoms with Gasteiger partial charge in [0.2, 0.25) is 0 Å². The molecule has 9 heteroatoms. The lowest BCUT2D eigenvalue weighted by atomic mass is 9.96. The minimum absolute atomic E-state index is 0.0867. The average molecular weight is 483 g/mol. The summed E-state index contributed by atoms with van der Waals surface area (Å²) in [7, 11) is 1.97. The molecule has 0 saturated heterocycles. The molecule has 3 aromatic rings. The Morgan fingerprint density at radius 1 is 1.09 bits per heavy atom. The molecule has 0 atom stereocenters. The molecular formula is C24H20Cl2N4O3. The van der Waals surface area contributed by atoms with E-state index in [9.17, 15) is 14.7 Å². The summed E-state index contributed by atoms with van der Waals surface area (Å²) in [4.78, 5) is 36.4. The minimum Gasteiger partial charge on any atom is -0.508 e. The number of amides is 1. The van der Waals surface area contributed by atoms with E-state index in [1.54, 1.807) is 24.3 Å². The Morgan fingerprint density at radius 3 is 2.48 bits per heavy atom. The lowest BCUT2D eigenvalue weighted by molar-refractivity contribution is 0.0991. The summed E-state index contributed by atoms with van der Waals surface area (Å²) in [6.07, 6.45) is 1.22. The fourth-order valence-corrected chi connectivity index (χ4v) is 3.88. The maximum absolute atomic E-state index is 13.0. The van der Waals surface area contributed by atoms with Crippen LogP contribution in [0.3, 0.4) is 0 Å². The zero-order chi connectivity index (χ0) is 23.5. The molecule has 2 heterocycles. The molecule has 1 aliphatic rings. The predicted octanol–water partition coefficient (Wildman–Crippen LogP) is 4.46. The van der Waals surface area contributed by atoms with Gasteiger partial charge in [0, 0.05) is 53.5 Å². The lowest BCUT2D eigenvalue weighted by Gasteiger charge is -2.14. The maximum atomic E-state index is 13.0. The van der Waals surface area contributed by atoms with Crippen molar-refractivity contribution in [3.63, 3.8) is 0 Å². The first-order chi connectivity index (χ1) is 15.8. The number of anilines is 1. The minimum atomic E-state index is -0.553. The van der Waals surface area contributed by atoms with Gasteiger partial charge in [-0.25, -0.2) is 4.98 Å². The first-order valence-electron chi connectivity index (χ1n) is 10.2. The molecular weight excluding hydrogens is 463 g/mol. The van der Waals surface area contributed by atoms with E-state index in [1.165, 1.54) is 18.3 Å². The van der Waals surface area contributed by atoms with Crippen LogP contribution in [0, 0.1) is 0 Å². The molecule has 0 radical (unpaired) electrons. The topological polar surface area (TPSA) is 94.9 Å². The van der Waals surface area contributed by atoms with Gasteiger partial charge in [0.05, 0.1) is 11.6 Å². The van der Waals surface area contributed by atoms with E-state index in [-0.39, 0.29) is 39.9 Å². The number of amidine groups is 1. The molecule has 4 rings (SSSR count). The predicted molar refractivity (Wildman–Crippen MR) is 129 cm³/mol. The average Bonchev–Trinajstić information content (AvgIpc) is 3.22. The van der Waals surface area contributed by atoms with E-state index in [2.05, 4.69) is 20.2 Å². The second-order valence-electron chi connectivity index (χ2n) is 7.57. The molecule has 2 N–H and O–H groups in total. The highest BCUT2D eigenvalue weighted by Gasteiger charge is 2.21. The number of halogens is 2. The number of phenolic OH excluding ortho intramolecular Hbond substituents is 1. The van der Waals surface area contributed by atoms with Crippen molar-refractivity contribution in [2.45, 2.75) is 6.42 Å². The number of Topliss-reactive ketones (excluding diaryl/α,β-unsaturated/α-hetero) is 1. The summed E-state index contributed by atoms with van der Waals surface area (Å²) in [5.41, 5.74) is 1.65. The Hall–Kier alpha value is -3.42. The second-order valence-corrected chi connectivity index (χ2v) is 8.44. The molecule has 0 bridgehead atoms. The fourth-order valence-electron chi connectivity index (χ4n) is 3.56. The van der Waals surface area contributed by atoms with E-state index >= 15 is 0 Å². The van der Waals surface area contributed by atoms with Gasteiger partial charge in [-0.1, -0.05) is 47.5 Å². The largest absolute Gasteiger partial charge is 0.508 e. The number of phenols is 1. The number of carbonyl (C=O) groups excluding carboxylic acids is 2. The van der Waals surface area contributed by atoms with Gasteiger partial charge >= 0.3 is 0 Å². The number of aromatic hydroxyl groups is 1. The van der Waals surface area contributed by atoms with Crippen LogP contribution in [-0.2, 0) is 6.42 Å². The smallest absolute Gasteiger partial charge is 0.257 e. The molecule has 0 fully saturated rings. The highest BCUT2D eigenvalue weighted by molar-refractivity contribution is 6.31. The van der Waals surface area contributed by atoms with Gasteiger partial charge in [-0.3, -0.25) is 14.6 Å². The first-order valence-corrected chi connectivity index (χ1v) is 10.9. The normalized spacial score (nSPS) is 13.1. The molecule has 168 valence electrons. The SMILES string of the molecule is CN1CCN=C1c1ccc(C(=O)Cc2c(O)cc(Cl)cc2C(=O)Nc2ccc(Cl)cn2)cc1. The van der Waals surface area contributed by atoms with Crippen LogP contribution in [0.1, 0.15) is 31.8 Å². The monoisotopic (exact) mass is 482 g/mol. The molecule has 0 unspecified atom stereocenters. The molecule has 0 spiro atoms. The van der Waals surface area contributed by atoms with Gasteiger partial charge in [-0.05, 0) is 24.3 Å². The van der Waals surface area contributed by atoms with Crippen molar-refractivity contribution in [1.29, 1.82) is 0 Å². The van der Waals surface area contributed by atoms with Crippen LogP contribution in [0.25, 0.3) is 0 Å². The van der Waals surface area contributed by atoms with E-state index < -0.39 is 5.91 Å². The number of aliphatic imine (C=N–C) groups is 1. The summed E-state index contributed by atoms with van der Waals surface area (Å²) in [5, 5.41) is 13.7. The molecule has 1 aliphatic heterocycles. The number of nitrogens with one attached hydrogen (secondary N) is 1. The molecule has 0 aliphatic carbocycles. The van der Waals surface area contributed by atoms with Crippen molar-refractivity contribution in [2.24, 2.45) is 4.99 Å². The third-order valence-electron chi connectivity index (χ3n) is 5.27. The van der Waals surface area contributed by atoms with Crippen LogP contribution in [0.4, 0.5) is 5.82 Å². The van der Waals surface area contributed by atoms with Gasteiger partial charge < -0.3 is 15.3 Å². The Bertz CT molecular complexity index is 1240. The van der Waals surface area contributed by atoms with E-state index in [0.29, 0.717) is 10.6 Å². The summed E-state index contributed by atoms with van der Waals surface area (Å²) in [6.45, 7) is 1.61. The third kappa shape index (κ3) is 5.16. The zero-order valence-electron chi connectivity index (χ0n) is 17.7. The molecule has 2 aromatic carbocycles. The second kappa shape index (κ2) is 9.60. The first kappa shape index (κ1) is 22.8. The summed E-state index contributed by atoms with van der Waals surface area (Å²) >= 11 is 11.9. The summed E-state index contributed by atoms with van der Waals surface area (Å²) in [6, 6.07) is 13.0. The van der Waals surface area contributed by atoms with Crippen molar-refractivity contribution in [3.05, 3.63) is 87.0 Å². The van der Waals surface area contributed by atoms with Crippen LogP contribution in [0.15, 0.2) is 59.7 Å². The molecule has 1 aromatic heterocycles. The van der Waals surface area contributed by atoms with Crippen molar-refractivity contribution in [1.82, 2.24) is 9.88 Å². The Labute approximate surface area is 200 Å². The van der Waals surface area contributed by atoms with Gasteiger partial charge in [0.15, 0.2) is 5.78 Å². The number of benzene rings is 2. The molecule has 0 saturated carbocycles. The number of hydrogen-bond donors (Lipinski definition) is 2. The molecule has 7 nitrogen and oxygen atoms in total. The van der Waals surface area contributed by atoms with Crippen LogP contribution in [0.5, 0.6) is 5.75 Å². The van der Waals surface area contributed by atoms with Crippen molar-refractivity contribution >= 4 is 46.5 Å². The van der Waals surface area contributed by atoms with Crippen LogP contribution in [-0.4, -0.2) is 52.7 Å². The van der Waals surface area contributed by atoms with Crippen LogP contribution >= 0.6 is 23.2 Å². The van der Waals surface area contributed by atoms with Gasteiger partial charge in [0.25, 0.3) is 5.91 Å². The summed E-state index contributed by atoms with van der Waals surface area (Å²) in [5.74, 6) is 0.127. The Kier molecular flexibility index (Phi) is 6.62. The van der Waals surface area contributed by atoms with E-state index in [0.717, 1.165) is 24.5 Å². The van der Waals surface area contributed by atoms with Crippen molar-refractivity contribution < 1.29 is 14.7 Å². The van der Waals surface area contributed by atoms with E-state index in [4.69, 9.17) is 23.2 Å². The number of rotatable bonds is 6. The molecule has 33 heavy (non-hydrogen) atoms. The highest BCUT2D eigenvalue weighted by atomic mass is 35.5. The number of ketones is 1. The highest BCUT2D eigenvalue weighted by Crippen LogP contribution is 2.29. The molecule has 1 amide bonds. The maximum Gasteiger partial charge on any atom is 0.257 e. The number of pyridine rings is 1. The third-order valence-corrected chi connectivity index (χ3v) is 5.71. The van der Waals surface area contributed by atoms with E-state index in [1.807, 2.05) is 19.2 Å². The number of likely N-dealkylation sites (N-methyl/N-ethyl adjacent to an activating group) is 1. The quantitative estimate of drug-likeness (QED) is 0.505. The number of carbonyl (C=O) groups is 2.